The van der Waals surface area contributed by atoms with Crippen LogP contribution in [-0.4, -0.2) is 18.0 Å². The minimum Gasteiger partial charge on any atom is -0.453 e. The summed E-state index contributed by atoms with van der Waals surface area (Å²) in [5.41, 5.74) is -0.241. The molecule has 18 heavy (non-hydrogen) atoms. The Labute approximate surface area is 118 Å². The van der Waals surface area contributed by atoms with Gasteiger partial charge >= 0.3 is 0 Å². The van der Waals surface area contributed by atoms with Gasteiger partial charge in [-0.25, -0.2) is 0 Å². The third-order valence-corrected chi connectivity index (χ3v) is 3.05. The Morgan fingerprint density at radius 2 is 2.33 bits per heavy atom. The number of hydrogen-bond donors (Lipinski definition) is 0. The molecular weight excluding hydrogens is 373 g/mol. The molecule has 1 aromatic rings. The fourth-order valence-electron chi connectivity index (χ4n) is 1.51. The number of carbonyl (C=O) groups is 1. The lowest BCUT2D eigenvalue weighted by Gasteiger charge is -2.03. The van der Waals surface area contributed by atoms with Crippen molar-refractivity contribution < 1.29 is 19.2 Å². The van der Waals surface area contributed by atoms with E-state index in [0.717, 1.165) is 0 Å². The molecule has 8 heteroatoms. The number of nitrogens with zero attached hydrogens (tertiary/aromatic N) is 1. The summed E-state index contributed by atoms with van der Waals surface area (Å²) in [7, 11) is 1.20. The van der Waals surface area contributed by atoms with Gasteiger partial charge in [-0.15, -0.1) is 0 Å². The van der Waals surface area contributed by atoms with Crippen molar-refractivity contribution in [2.75, 3.05) is 6.79 Å². The third-order valence-electron chi connectivity index (χ3n) is 2.21. The first kappa shape index (κ1) is 13.0. The van der Waals surface area contributed by atoms with E-state index < -0.39 is 4.92 Å². The Morgan fingerprint density at radius 1 is 1.56 bits per heavy atom. The lowest BCUT2D eigenvalue weighted by Crippen LogP contribution is -1.99. The first-order chi connectivity index (χ1) is 8.69. The largest absolute Gasteiger partial charge is 0.453 e. The van der Waals surface area contributed by atoms with Gasteiger partial charge in [0, 0.05) is 21.2 Å². The van der Waals surface area contributed by atoms with Crippen molar-refractivity contribution in [3.63, 3.8) is 0 Å². The van der Waals surface area contributed by atoms with Crippen molar-refractivity contribution in [2.45, 2.75) is 0 Å². The standard InChI is InChI=1S/C10H4INO5S/c11-18-2-1-6-7(4-13)8(12(14)15)3-9-10(6)17-5-16-9/h3-4H,5H2. The number of ether oxygens (including phenoxy) is 2. The number of rotatable bonds is 2. The Hall–Kier alpha value is -1.47. The maximum absolute atomic E-state index is 11.0. The van der Waals surface area contributed by atoms with Gasteiger partial charge in [-0.2, -0.15) is 0 Å². The molecule has 6 nitrogen and oxygen atoms in total. The molecule has 0 unspecified atom stereocenters. The molecule has 1 aliphatic heterocycles. The van der Waals surface area contributed by atoms with Gasteiger partial charge in [-0.05, 0) is 20.1 Å². The predicted molar refractivity (Wildman–Crippen MR) is 73.1 cm³/mol. The van der Waals surface area contributed by atoms with Crippen molar-refractivity contribution >= 4 is 42.1 Å². The van der Waals surface area contributed by atoms with Crippen molar-refractivity contribution in [3.8, 4) is 22.7 Å². The average Bonchev–Trinajstić information content (AvgIpc) is 2.82. The zero-order chi connectivity index (χ0) is 13.1. The van der Waals surface area contributed by atoms with Crippen molar-refractivity contribution in [1.29, 1.82) is 0 Å². The number of aldehydes is 1. The Kier molecular flexibility index (Phi) is 3.93. The van der Waals surface area contributed by atoms with Crippen LogP contribution in [0.5, 0.6) is 11.5 Å². The first-order valence-electron chi connectivity index (χ1n) is 4.53. The second-order valence-electron chi connectivity index (χ2n) is 3.10. The van der Waals surface area contributed by atoms with E-state index >= 15 is 0 Å². The second-order valence-corrected chi connectivity index (χ2v) is 4.78. The highest BCUT2D eigenvalue weighted by Gasteiger charge is 2.28. The topological polar surface area (TPSA) is 78.7 Å². The number of nitro groups is 1. The van der Waals surface area contributed by atoms with E-state index in [0.29, 0.717) is 6.29 Å². The van der Waals surface area contributed by atoms with Crippen LogP contribution in [0.15, 0.2) is 6.07 Å². The van der Waals surface area contributed by atoms with Gasteiger partial charge < -0.3 is 9.47 Å². The molecule has 0 bridgehead atoms. The molecule has 1 heterocycles. The summed E-state index contributed by atoms with van der Waals surface area (Å²) in [6, 6.07) is 1.18. The van der Waals surface area contributed by atoms with Crippen LogP contribution in [0.4, 0.5) is 5.69 Å². The molecule has 2 rings (SSSR count). The second kappa shape index (κ2) is 5.45. The SMILES string of the molecule is O=Cc1c([N+](=O)[O-])cc2c(c1C#CSI)OCO2. The van der Waals surface area contributed by atoms with Crippen LogP contribution in [0.1, 0.15) is 15.9 Å². The van der Waals surface area contributed by atoms with Crippen LogP contribution in [0.25, 0.3) is 0 Å². The van der Waals surface area contributed by atoms with Crippen LogP contribution in [-0.2, 0) is 0 Å². The number of carbonyl (C=O) groups excluding carboxylic acids is 1. The van der Waals surface area contributed by atoms with Crippen LogP contribution in [0.2, 0.25) is 0 Å². The van der Waals surface area contributed by atoms with Gasteiger partial charge in [0.15, 0.2) is 17.8 Å². The van der Waals surface area contributed by atoms with Crippen LogP contribution >= 0.6 is 30.1 Å². The molecule has 0 radical (unpaired) electrons. The summed E-state index contributed by atoms with van der Waals surface area (Å²) >= 11 is 1.96. The minimum absolute atomic E-state index is 0.0408. The molecule has 0 N–H and O–H groups in total. The number of nitro benzene ring substituents is 1. The zero-order valence-electron chi connectivity index (χ0n) is 8.64. The molecule has 0 aliphatic carbocycles. The van der Waals surface area contributed by atoms with Crippen molar-refractivity contribution in [2.24, 2.45) is 0 Å². The van der Waals surface area contributed by atoms with Crippen LogP contribution in [0, 0.1) is 21.3 Å². The number of hydrogen-bond acceptors (Lipinski definition) is 6. The van der Waals surface area contributed by atoms with E-state index in [1.165, 1.54) is 15.0 Å². The summed E-state index contributed by atoms with van der Waals surface area (Å²) in [5.74, 6) is 3.18. The minimum atomic E-state index is -0.645. The Balaban J connectivity index is 2.74. The fourth-order valence-corrected chi connectivity index (χ4v) is 1.98. The number of halogens is 1. The van der Waals surface area contributed by atoms with Crippen LogP contribution in [0.3, 0.4) is 0 Å². The summed E-state index contributed by atoms with van der Waals surface area (Å²) in [4.78, 5) is 21.3. The molecule has 1 aromatic carbocycles. The third kappa shape index (κ3) is 2.23. The molecule has 0 saturated carbocycles. The molecule has 0 atom stereocenters. The van der Waals surface area contributed by atoms with E-state index in [9.17, 15) is 14.9 Å². The quantitative estimate of drug-likeness (QED) is 0.259. The summed E-state index contributed by atoms with van der Waals surface area (Å²) in [6.07, 6.45) is 0.405. The van der Waals surface area contributed by atoms with Crippen LogP contribution < -0.4 is 9.47 Å². The smallest absolute Gasteiger partial charge is 0.285 e. The maximum Gasteiger partial charge on any atom is 0.285 e. The van der Waals surface area contributed by atoms with E-state index in [1.807, 2.05) is 21.2 Å². The highest BCUT2D eigenvalue weighted by atomic mass is 127. The zero-order valence-corrected chi connectivity index (χ0v) is 11.6. The van der Waals surface area contributed by atoms with Gasteiger partial charge in [-0.1, -0.05) is 0 Å². The highest BCUT2D eigenvalue weighted by molar-refractivity contribution is 14.2. The Morgan fingerprint density at radius 3 is 2.94 bits per heavy atom. The van der Waals surface area contributed by atoms with E-state index in [1.54, 1.807) is 0 Å². The Bertz CT molecular complexity index is 592. The lowest BCUT2D eigenvalue weighted by atomic mass is 10.1. The van der Waals surface area contributed by atoms with Gasteiger partial charge in [0.1, 0.15) is 5.56 Å². The molecule has 0 spiro atoms. The van der Waals surface area contributed by atoms with Crippen molar-refractivity contribution in [1.82, 2.24) is 0 Å². The molecule has 1 aliphatic rings. The normalized spacial score (nSPS) is 11.6. The maximum atomic E-state index is 11.0. The number of fused-ring (bicyclic) bond motifs is 1. The molecule has 0 fully saturated rings. The van der Waals surface area contributed by atoms with Gasteiger partial charge in [0.25, 0.3) is 5.69 Å². The lowest BCUT2D eigenvalue weighted by molar-refractivity contribution is -0.385. The predicted octanol–water partition coefficient (Wildman–Crippen LogP) is 2.53. The number of benzene rings is 1. The van der Waals surface area contributed by atoms with E-state index in [-0.39, 0.29) is 35.1 Å². The molecular formula is C10H4INO5S. The summed E-state index contributed by atoms with van der Waals surface area (Å²) in [6.45, 7) is -0.0408. The summed E-state index contributed by atoms with van der Waals surface area (Å²) in [5, 5.41) is 13.6. The van der Waals surface area contributed by atoms with Crippen molar-refractivity contribution in [3.05, 3.63) is 27.3 Å². The van der Waals surface area contributed by atoms with E-state index in [4.69, 9.17) is 9.47 Å². The summed E-state index contributed by atoms with van der Waals surface area (Å²) < 4.78 is 10.3. The van der Waals surface area contributed by atoms with Gasteiger partial charge in [-0.3, -0.25) is 14.9 Å². The highest BCUT2D eigenvalue weighted by Crippen LogP contribution is 2.41. The molecule has 0 amide bonds. The average molecular weight is 377 g/mol. The first-order valence-corrected chi connectivity index (χ1v) is 7.89. The van der Waals surface area contributed by atoms with E-state index in [2.05, 4.69) is 11.2 Å². The molecule has 0 aromatic heterocycles. The van der Waals surface area contributed by atoms with Gasteiger partial charge in [0.05, 0.1) is 16.6 Å². The fraction of sp³-hybridized carbons (Fsp3) is 0.100. The van der Waals surface area contributed by atoms with Gasteiger partial charge in [0.2, 0.25) is 6.79 Å². The molecule has 0 saturated heterocycles. The molecule has 92 valence electrons. The monoisotopic (exact) mass is 377 g/mol.